The molecule has 1 heterocycles. The van der Waals surface area contributed by atoms with Gasteiger partial charge in [0.1, 0.15) is 6.61 Å². The van der Waals surface area contributed by atoms with Crippen LogP contribution in [0.25, 0.3) is 0 Å². The maximum atomic E-state index is 12.0. The Kier molecular flexibility index (Phi) is 5.48. The van der Waals surface area contributed by atoms with Gasteiger partial charge in [0.2, 0.25) is 0 Å². The number of carbonyl (C=O) groups is 1. The highest BCUT2D eigenvalue weighted by molar-refractivity contribution is 6.02. The summed E-state index contributed by atoms with van der Waals surface area (Å²) in [7, 11) is 1.55. The quantitative estimate of drug-likeness (QED) is 0.817. The highest BCUT2D eigenvalue weighted by Gasteiger charge is 2.12. The zero-order valence-corrected chi connectivity index (χ0v) is 12.2. The van der Waals surface area contributed by atoms with Crippen molar-refractivity contribution in [1.82, 2.24) is 10.5 Å². The lowest BCUT2D eigenvalue weighted by molar-refractivity contribution is 0.101. The molecule has 112 valence electrons. The average Bonchev–Trinajstić information content (AvgIpc) is 2.96. The number of aromatic nitrogens is 1. The molecule has 2 rings (SSSR count). The molecular weight excluding hydrogens is 270 g/mol. The van der Waals surface area contributed by atoms with Gasteiger partial charge < -0.3 is 19.9 Å². The van der Waals surface area contributed by atoms with E-state index in [9.17, 15) is 4.79 Å². The third kappa shape index (κ3) is 4.40. The molecule has 21 heavy (non-hydrogen) atoms. The monoisotopic (exact) mass is 289 g/mol. The van der Waals surface area contributed by atoms with Crippen molar-refractivity contribution in [2.45, 2.75) is 20.1 Å². The van der Waals surface area contributed by atoms with Gasteiger partial charge in [-0.15, -0.1) is 0 Å². The Balaban J connectivity index is 1.95. The second kappa shape index (κ2) is 7.56. The predicted molar refractivity (Wildman–Crippen MR) is 79.0 cm³/mol. The lowest BCUT2D eigenvalue weighted by Gasteiger charge is -2.05. The van der Waals surface area contributed by atoms with E-state index in [0.29, 0.717) is 12.4 Å². The van der Waals surface area contributed by atoms with E-state index in [0.717, 1.165) is 18.8 Å². The van der Waals surface area contributed by atoms with Crippen molar-refractivity contribution in [3.63, 3.8) is 0 Å². The van der Waals surface area contributed by atoms with Gasteiger partial charge in [-0.2, -0.15) is 0 Å². The molecule has 0 spiro atoms. The first kappa shape index (κ1) is 15.2. The maximum Gasteiger partial charge on any atom is 0.277 e. The molecule has 1 aromatic carbocycles. The van der Waals surface area contributed by atoms with Crippen LogP contribution in [0.5, 0.6) is 0 Å². The van der Waals surface area contributed by atoms with Gasteiger partial charge in [-0.05, 0) is 24.2 Å². The first-order valence-corrected chi connectivity index (χ1v) is 6.78. The zero-order valence-electron chi connectivity index (χ0n) is 12.2. The first-order valence-electron chi connectivity index (χ1n) is 6.78. The molecule has 0 saturated heterocycles. The number of rotatable bonds is 7. The molecule has 0 unspecified atom stereocenters. The summed E-state index contributed by atoms with van der Waals surface area (Å²) < 4.78 is 9.90. The van der Waals surface area contributed by atoms with Crippen molar-refractivity contribution < 1.29 is 14.1 Å². The van der Waals surface area contributed by atoms with E-state index in [-0.39, 0.29) is 11.6 Å². The van der Waals surface area contributed by atoms with Crippen molar-refractivity contribution in [1.29, 1.82) is 0 Å². The highest BCUT2D eigenvalue weighted by Crippen LogP contribution is 2.12. The van der Waals surface area contributed by atoms with Crippen molar-refractivity contribution in [2.24, 2.45) is 0 Å². The number of nitrogens with one attached hydrogen (secondary N) is 2. The fourth-order valence-electron chi connectivity index (χ4n) is 1.80. The Morgan fingerprint density at radius 1 is 1.33 bits per heavy atom. The summed E-state index contributed by atoms with van der Waals surface area (Å²) in [6, 6.07) is 9.23. The lowest BCUT2D eigenvalue weighted by Crippen LogP contribution is -2.13. The molecule has 0 aliphatic rings. The predicted octanol–water partition coefficient (Wildman–Crippen LogP) is 2.18. The molecular formula is C15H19N3O3. The molecule has 6 heteroatoms. The molecule has 1 amide bonds. The normalized spacial score (nSPS) is 10.6. The van der Waals surface area contributed by atoms with Crippen LogP contribution >= 0.6 is 0 Å². The van der Waals surface area contributed by atoms with Crippen molar-refractivity contribution in [2.75, 3.05) is 19.0 Å². The number of hydrogen-bond acceptors (Lipinski definition) is 5. The minimum atomic E-state index is -0.305. The molecule has 0 bridgehead atoms. The van der Waals surface area contributed by atoms with E-state index < -0.39 is 0 Å². The van der Waals surface area contributed by atoms with E-state index >= 15 is 0 Å². The SMILES string of the molecule is CCNCc1ccc(NC(=O)c2cc(COC)on2)cc1. The van der Waals surface area contributed by atoms with Crippen LogP contribution in [0.1, 0.15) is 28.7 Å². The number of amides is 1. The third-order valence-electron chi connectivity index (χ3n) is 2.87. The number of hydrogen-bond donors (Lipinski definition) is 2. The molecule has 2 aromatic rings. The van der Waals surface area contributed by atoms with Crippen LogP contribution in [0, 0.1) is 0 Å². The van der Waals surface area contributed by atoms with E-state index in [2.05, 4.69) is 22.7 Å². The van der Waals surface area contributed by atoms with Crippen LogP contribution in [0.15, 0.2) is 34.9 Å². The van der Waals surface area contributed by atoms with Gasteiger partial charge >= 0.3 is 0 Å². The summed E-state index contributed by atoms with van der Waals surface area (Å²) in [5, 5.41) is 9.73. The Morgan fingerprint density at radius 3 is 2.76 bits per heavy atom. The van der Waals surface area contributed by atoms with Crippen LogP contribution < -0.4 is 10.6 Å². The molecule has 0 radical (unpaired) electrons. The van der Waals surface area contributed by atoms with Crippen molar-refractivity contribution in [3.05, 3.63) is 47.3 Å². The summed E-state index contributed by atoms with van der Waals surface area (Å²) in [6.07, 6.45) is 0. The molecule has 0 atom stereocenters. The van der Waals surface area contributed by atoms with Gasteiger partial charge in [-0.25, -0.2) is 0 Å². The van der Waals surface area contributed by atoms with Gasteiger partial charge in [0.05, 0.1) is 0 Å². The smallest absolute Gasteiger partial charge is 0.277 e. The molecule has 1 aromatic heterocycles. The standard InChI is InChI=1S/C15H19N3O3/c1-3-16-9-11-4-6-12(7-5-11)17-15(19)14-8-13(10-20-2)21-18-14/h4-8,16H,3,9-10H2,1-2H3,(H,17,19). The average molecular weight is 289 g/mol. The summed E-state index contributed by atoms with van der Waals surface area (Å²) in [5.41, 5.74) is 2.12. The van der Waals surface area contributed by atoms with Crippen molar-refractivity contribution >= 4 is 11.6 Å². The van der Waals surface area contributed by atoms with Gasteiger partial charge in [0, 0.05) is 25.4 Å². The van der Waals surface area contributed by atoms with E-state index in [4.69, 9.17) is 9.26 Å². The fraction of sp³-hybridized carbons (Fsp3) is 0.333. The summed E-state index contributed by atoms with van der Waals surface area (Å²) in [6.45, 7) is 4.09. The molecule has 2 N–H and O–H groups in total. The van der Waals surface area contributed by atoms with E-state index in [1.165, 1.54) is 5.56 Å². The highest BCUT2D eigenvalue weighted by atomic mass is 16.5. The zero-order chi connectivity index (χ0) is 15.1. The van der Waals surface area contributed by atoms with Crippen LogP contribution in [0.4, 0.5) is 5.69 Å². The number of anilines is 1. The number of nitrogens with zero attached hydrogens (tertiary/aromatic N) is 1. The molecule has 0 saturated carbocycles. The molecule has 0 aliphatic heterocycles. The van der Waals surface area contributed by atoms with Gasteiger partial charge in [-0.3, -0.25) is 4.79 Å². The maximum absolute atomic E-state index is 12.0. The third-order valence-corrected chi connectivity index (χ3v) is 2.87. The van der Waals surface area contributed by atoms with Crippen LogP contribution in [0.3, 0.4) is 0 Å². The second-order valence-corrected chi connectivity index (χ2v) is 4.54. The minimum absolute atomic E-state index is 0.235. The van der Waals surface area contributed by atoms with Gasteiger partial charge in [0.15, 0.2) is 11.5 Å². The van der Waals surface area contributed by atoms with E-state index in [1.807, 2.05) is 24.3 Å². The van der Waals surface area contributed by atoms with E-state index in [1.54, 1.807) is 13.2 Å². The number of methoxy groups -OCH3 is 1. The minimum Gasteiger partial charge on any atom is -0.377 e. The number of carbonyl (C=O) groups excluding carboxylic acids is 1. The lowest BCUT2D eigenvalue weighted by atomic mass is 10.2. The molecule has 6 nitrogen and oxygen atoms in total. The van der Waals surface area contributed by atoms with Gasteiger partial charge in [-0.1, -0.05) is 24.2 Å². The Morgan fingerprint density at radius 2 is 2.10 bits per heavy atom. The topological polar surface area (TPSA) is 76.4 Å². The summed E-state index contributed by atoms with van der Waals surface area (Å²) >= 11 is 0. The Hall–Kier alpha value is -2.18. The largest absolute Gasteiger partial charge is 0.377 e. The summed E-state index contributed by atoms with van der Waals surface area (Å²) in [5.74, 6) is 0.212. The molecule has 0 fully saturated rings. The molecule has 0 aliphatic carbocycles. The van der Waals surface area contributed by atoms with Crippen LogP contribution in [-0.2, 0) is 17.9 Å². The van der Waals surface area contributed by atoms with Crippen LogP contribution in [0.2, 0.25) is 0 Å². The second-order valence-electron chi connectivity index (χ2n) is 4.54. The fourth-order valence-corrected chi connectivity index (χ4v) is 1.80. The van der Waals surface area contributed by atoms with Gasteiger partial charge in [0.25, 0.3) is 5.91 Å². The Bertz CT molecular complexity index is 578. The Labute approximate surface area is 123 Å². The number of ether oxygens (including phenoxy) is 1. The number of benzene rings is 1. The van der Waals surface area contributed by atoms with Crippen LogP contribution in [-0.4, -0.2) is 24.7 Å². The summed E-state index contributed by atoms with van der Waals surface area (Å²) in [4.78, 5) is 12.0. The first-order chi connectivity index (χ1) is 10.2. The van der Waals surface area contributed by atoms with Crippen molar-refractivity contribution in [3.8, 4) is 0 Å².